The van der Waals surface area contributed by atoms with Crippen molar-refractivity contribution in [1.29, 1.82) is 0 Å². The van der Waals surface area contributed by atoms with Crippen molar-refractivity contribution in [3.63, 3.8) is 0 Å². The summed E-state index contributed by atoms with van der Waals surface area (Å²) in [7, 11) is -3.87. The van der Waals surface area contributed by atoms with Gasteiger partial charge in [-0.3, -0.25) is 9.52 Å². The largest absolute Gasteiger partial charge is 0.394 e. The van der Waals surface area contributed by atoms with E-state index in [1.807, 2.05) is 0 Å². The Morgan fingerprint density at radius 3 is 2.50 bits per heavy atom. The fraction of sp³-hybridized carbons (Fsp3) is 0.357. The zero-order chi connectivity index (χ0) is 19.1. The fourth-order valence-electron chi connectivity index (χ4n) is 2.58. The maximum Gasteiger partial charge on any atom is 0.263 e. The number of aliphatic hydroxyl groups is 3. The number of carbonyl (C=O) groups is 1. The highest BCUT2D eigenvalue weighted by molar-refractivity contribution is 7.93. The van der Waals surface area contributed by atoms with Crippen LogP contribution in [0.5, 0.6) is 0 Å². The van der Waals surface area contributed by atoms with E-state index in [9.17, 15) is 23.4 Å². The standard InChI is InChI=1S/C14H16N4O6S2/c1-7-15-16-14(25-7)17-26(23,24)9-4-2-8(3-5-9)18-11(10(20)6-19)12(21)13(18)22/h2-5,10-12,19-21H,6H2,1H3,(H,16,17)/t10-,11-,12+/m1/s1. The van der Waals surface area contributed by atoms with Gasteiger partial charge < -0.3 is 20.2 Å². The number of amides is 1. The van der Waals surface area contributed by atoms with Crippen molar-refractivity contribution in [3.05, 3.63) is 29.3 Å². The van der Waals surface area contributed by atoms with Crippen LogP contribution in [0, 0.1) is 6.92 Å². The Kier molecular flexibility index (Phi) is 4.94. The molecule has 1 aromatic heterocycles. The molecule has 3 rings (SSSR count). The van der Waals surface area contributed by atoms with E-state index in [2.05, 4.69) is 14.9 Å². The van der Waals surface area contributed by atoms with Crippen molar-refractivity contribution < 1.29 is 28.5 Å². The summed E-state index contributed by atoms with van der Waals surface area (Å²) in [5, 5.41) is 36.6. The van der Waals surface area contributed by atoms with E-state index in [4.69, 9.17) is 5.11 Å². The van der Waals surface area contributed by atoms with Gasteiger partial charge in [0.25, 0.3) is 15.9 Å². The van der Waals surface area contributed by atoms with Crippen LogP contribution in [0.2, 0.25) is 0 Å². The number of benzene rings is 1. The van der Waals surface area contributed by atoms with Gasteiger partial charge in [0.2, 0.25) is 5.13 Å². The lowest BCUT2D eigenvalue weighted by Crippen LogP contribution is -2.70. The van der Waals surface area contributed by atoms with Crippen LogP contribution in [-0.4, -0.2) is 64.7 Å². The molecule has 10 nitrogen and oxygen atoms in total. The second-order valence-corrected chi connectivity index (χ2v) is 8.48. The number of β-lactam (4-membered cyclic amide) rings is 1. The lowest BCUT2D eigenvalue weighted by molar-refractivity contribution is -0.142. The zero-order valence-electron chi connectivity index (χ0n) is 13.5. The van der Waals surface area contributed by atoms with Gasteiger partial charge >= 0.3 is 0 Å². The third kappa shape index (κ3) is 3.29. The van der Waals surface area contributed by atoms with Gasteiger partial charge in [0.15, 0.2) is 6.10 Å². The van der Waals surface area contributed by atoms with Crippen molar-refractivity contribution in [2.45, 2.75) is 30.1 Å². The summed E-state index contributed by atoms with van der Waals surface area (Å²) in [6.45, 7) is 1.07. The summed E-state index contributed by atoms with van der Waals surface area (Å²) in [5.74, 6) is -0.638. The molecule has 3 atom stereocenters. The SMILES string of the molecule is Cc1nnc(NS(=O)(=O)c2ccc(N3C(=O)[C@@H](O)[C@H]3[C@H](O)CO)cc2)s1. The molecular weight excluding hydrogens is 384 g/mol. The predicted molar refractivity (Wildman–Crippen MR) is 92.3 cm³/mol. The van der Waals surface area contributed by atoms with Gasteiger partial charge in [0.05, 0.1) is 11.5 Å². The smallest absolute Gasteiger partial charge is 0.263 e. The highest BCUT2D eigenvalue weighted by Crippen LogP contribution is 2.31. The molecule has 0 spiro atoms. The first-order valence-electron chi connectivity index (χ1n) is 7.47. The van der Waals surface area contributed by atoms with Crippen molar-refractivity contribution in [2.24, 2.45) is 0 Å². The third-order valence-corrected chi connectivity index (χ3v) is 6.10. The van der Waals surface area contributed by atoms with E-state index >= 15 is 0 Å². The average Bonchev–Trinajstić information content (AvgIpc) is 3.02. The Morgan fingerprint density at radius 2 is 1.96 bits per heavy atom. The third-order valence-electron chi connectivity index (χ3n) is 3.87. The van der Waals surface area contributed by atoms with Crippen molar-refractivity contribution in [1.82, 2.24) is 10.2 Å². The van der Waals surface area contributed by atoms with Crippen LogP contribution in [0.4, 0.5) is 10.8 Å². The van der Waals surface area contributed by atoms with Gasteiger partial charge in [-0.25, -0.2) is 8.42 Å². The summed E-state index contributed by atoms with van der Waals surface area (Å²) in [4.78, 5) is 12.9. The lowest BCUT2D eigenvalue weighted by Gasteiger charge is -2.46. The number of hydrogen-bond acceptors (Lipinski definition) is 9. The number of hydrogen-bond donors (Lipinski definition) is 4. The van der Waals surface area contributed by atoms with Crippen LogP contribution in [0.1, 0.15) is 5.01 Å². The second-order valence-electron chi connectivity index (χ2n) is 5.62. The van der Waals surface area contributed by atoms with Gasteiger partial charge in [-0.1, -0.05) is 11.3 Å². The summed E-state index contributed by atoms with van der Waals surface area (Å²) in [6.07, 6.45) is -2.73. The summed E-state index contributed by atoms with van der Waals surface area (Å²) < 4.78 is 27.0. The highest BCUT2D eigenvalue weighted by atomic mass is 32.2. The molecule has 0 unspecified atom stereocenters. The van der Waals surface area contributed by atoms with Crippen molar-refractivity contribution >= 4 is 38.1 Å². The molecule has 0 aliphatic carbocycles. The summed E-state index contributed by atoms with van der Waals surface area (Å²) in [6, 6.07) is 4.33. The average molecular weight is 400 g/mol. The minimum atomic E-state index is -3.87. The van der Waals surface area contributed by atoms with Crippen LogP contribution >= 0.6 is 11.3 Å². The number of nitrogens with one attached hydrogen (secondary N) is 1. The maximum atomic E-state index is 12.3. The molecule has 2 heterocycles. The van der Waals surface area contributed by atoms with Gasteiger partial charge in [-0.2, -0.15) is 0 Å². The molecule has 2 aromatic rings. The number of carbonyl (C=O) groups excluding carboxylic acids is 1. The monoisotopic (exact) mass is 400 g/mol. The molecule has 140 valence electrons. The number of aromatic nitrogens is 2. The van der Waals surface area contributed by atoms with E-state index in [1.165, 1.54) is 24.3 Å². The number of nitrogens with zero attached hydrogens (tertiary/aromatic N) is 3. The Hall–Kier alpha value is -2.12. The first kappa shape index (κ1) is 18.7. The Labute approximate surface area is 152 Å². The van der Waals surface area contributed by atoms with Crippen LogP contribution in [0.25, 0.3) is 0 Å². The van der Waals surface area contributed by atoms with Gasteiger partial charge in [0.1, 0.15) is 17.2 Å². The van der Waals surface area contributed by atoms with Crippen LogP contribution in [-0.2, 0) is 14.8 Å². The molecule has 0 radical (unpaired) electrons. The Bertz CT molecular complexity index is 914. The van der Waals surface area contributed by atoms with E-state index in [-0.39, 0.29) is 10.0 Å². The van der Waals surface area contributed by atoms with E-state index in [1.54, 1.807) is 6.92 Å². The number of aryl methyl sites for hydroxylation is 1. The van der Waals surface area contributed by atoms with Crippen molar-refractivity contribution in [3.8, 4) is 0 Å². The maximum absolute atomic E-state index is 12.3. The topological polar surface area (TPSA) is 153 Å². The molecular formula is C14H16N4O6S2. The number of rotatable bonds is 6. The minimum absolute atomic E-state index is 0.0538. The molecule has 12 heteroatoms. The molecule has 4 N–H and O–H groups in total. The van der Waals surface area contributed by atoms with E-state index in [0.29, 0.717) is 10.7 Å². The molecule has 0 saturated carbocycles. The molecule has 1 amide bonds. The quantitative estimate of drug-likeness (QED) is 0.454. The lowest BCUT2D eigenvalue weighted by atomic mass is 9.92. The fourth-order valence-corrected chi connectivity index (χ4v) is 4.40. The Balaban J connectivity index is 1.81. The van der Waals surface area contributed by atoms with Gasteiger partial charge in [-0.05, 0) is 31.2 Å². The highest BCUT2D eigenvalue weighted by Gasteiger charge is 2.50. The normalized spacial score (nSPS) is 21.4. The first-order chi connectivity index (χ1) is 12.2. The van der Waals surface area contributed by atoms with Crippen LogP contribution in [0.15, 0.2) is 29.2 Å². The van der Waals surface area contributed by atoms with Crippen molar-refractivity contribution in [2.75, 3.05) is 16.2 Å². The second kappa shape index (κ2) is 6.89. The molecule has 1 aliphatic rings. The Morgan fingerprint density at radius 1 is 1.31 bits per heavy atom. The van der Waals surface area contributed by atoms with Gasteiger partial charge in [-0.15, -0.1) is 10.2 Å². The summed E-state index contributed by atoms with van der Waals surface area (Å²) in [5.41, 5.74) is 0.295. The van der Waals surface area contributed by atoms with E-state index in [0.717, 1.165) is 16.2 Å². The molecule has 0 bridgehead atoms. The van der Waals surface area contributed by atoms with Gasteiger partial charge in [0, 0.05) is 5.69 Å². The molecule has 1 aromatic carbocycles. The van der Waals surface area contributed by atoms with Crippen LogP contribution in [0.3, 0.4) is 0 Å². The number of aliphatic hydroxyl groups excluding tert-OH is 3. The molecule has 26 heavy (non-hydrogen) atoms. The zero-order valence-corrected chi connectivity index (χ0v) is 15.1. The number of anilines is 2. The number of sulfonamides is 1. The molecule has 1 saturated heterocycles. The minimum Gasteiger partial charge on any atom is -0.394 e. The first-order valence-corrected chi connectivity index (χ1v) is 9.77. The molecule has 1 fully saturated rings. The summed E-state index contributed by atoms with van der Waals surface area (Å²) >= 11 is 1.09. The molecule has 1 aliphatic heterocycles. The van der Waals surface area contributed by atoms with E-state index < -0.39 is 40.8 Å². The van der Waals surface area contributed by atoms with Crippen LogP contribution < -0.4 is 9.62 Å². The predicted octanol–water partition coefficient (Wildman–Crippen LogP) is -0.923.